The van der Waals surface area contributed by atoms with Crippen LogP contribution in [-0.4, -0.2) is 103 Å². The molecule has 9 nitrogen and oxygen atoms in total. The number of ketones is 1. The Hall–Kier alpha value is -3.20. The van der Waals surface area contributed by atoms with Crippen molar-refractivity contribution in [3.8, 4) is 0 Å². The van der Waals surface area contributed by atoms with Gasteiger partial charge in [-0.25, -0.2) is 0 Å². The minimum atomic E-state index is -0.731. The quantitative estimate of drug-likeness (QED) is 0.537. The fourth-order valence-corrected chi connectivity index (χ4v) is 6.43. The molecule has 0 saturated carbocycles. The molecule has 3 saturated heterocycles. The van der Waals surface area contributed by atoms with Crippen molar-refractivity contribution in [3.05, 3.63) is 42.0 Å². The first-order valence-corrected chi connectivity index (χ1v) is 14.4. The Balaban J connectivity index is 1.25. The molecular weight excluding hydrogens is 494 g/mol. The van der Waals surface area contributed by atoms with Gasteiger partial charge < -0.3 is 24.9 Å². The number of nitrogens with one attached hydrogen (secondary N) is 1. The lowest BCUT2D eigenvalue weighted by Gasteiger charge is -2.34. The highest BCUT2D eigenvalue weighted by atomic mass is 16.2. The molecule has 0 radical (unpaired) electrons. The molecule has 0 spiro atoms. The van der Waals surface area contributed by atoms with Gasteiger partial charge in [-0.05, 0) is 62.9 Å². The molecular formula is C30H41N5O4. The molecule has 3 fully saturated rings. The summed E-state index contributed by atoms with van der Waals surface area (Å²) in [4.78, 5) is 61.1. The number of carbonyl (C=O) groups excluding carboxylic acids is 4. The highest BCUT2D eigenvalue weighted by Gasteiger charge is 2.52. The lowest BCUT2D eigenvalue weighted by Crippen LogP contribution is -2.53. The molecule has 39 heavy (non-hydrogen) atoms. The number of fused-ring (bicyclic) bond motifs is 1. The summed E-state index contributed by atoms with van der Waals surface area (Å²) in [6.07, 6.45) is 6.51. The maximum atomic E-state index is 13.8. The van der Waals surface area contributed by atoms with Crippen LogP contribution in [0.2, 0.25) is 0 Å². The smallest absolute Gasteiger partial charge is 0.251 e. The number of hydrogen-bond acceptors (Lipinski definition) is 6. The van der Waals surface area contributed by atoms with E-state index in [2.05, 4.69) is 22.2 Å². The number of nitrogens with zero attached hydrogens (tertiary/aromatic N) is 4. The number of hydrogen-bond donors (Lipinski definition) is 1. The lowest BCUT2D eigenvalue weighted by molar-refractivity contribution is -0.138. The van der Waals surface area contributed by atoms with Gasteiger partial charge >= 0.3 is 0 Å². The number of likely N-dealkylation sites (tertiary alicyclic amines) is 2. The first kappa shape index (κ1) is 27.4. The third kappa shape index (κ3) is 5.73. The summed E-state index contributed by atoms with van der Waals surface area (Å²) in [6.45, 7) is 8.42. The van der Waals surface area contributed by atoms with E-state index in [1.54, 1.807) is 9.80 Å². The minimum Gasteiger partial charge on any atom is -0.369 e. The molecule has 1 aliphatic carbocycles. The Morgan fingerprint density at radius 3 is 2.26 bits per heavy atom. The standard InChI is InChI=1S/C30H41N5O4/c1-20(2)18-24(31-28(37)21-8-10-23(11-9-21)33-16-14-32(3)15-17-33)30(39)34-13-12-25-27(34)26(36)19-35(25)29(38)22-6-4-5-7-22/h4-5,8-11,20,22,24-25,27H,6-7,12-19H2,1-3H3,(H,31,37). The summed E-state index contributed by atoms with van der Waals surface area (Å²) >= 11 is 0. The van der Waals surface area contributed by atoms with Crippen molar-refractivity contribution in [1.82, 2.24) is 20.0 Å². The molecule has 0 bridgehead atoms. The van der Waals surface area contributed by atoms with Gasteiger partial charge in [0.15, 0.2) is 5.78 Å². The fourth-order valence-electron chi connectivity index (χ4n) is 6.43. The van der Waals surface area contributed by atoms with E-state index in [0.29, 0.717) is 37.8 Å². The van der Waals surface area contributed by atoms with E-state index < -0.39 is 12.1 Å². The maximum absolute atomic E-state index is 13.8. The molecule has 3 atom stereocenters. The Morgan fingerprint density at radius 1 is 0.949 bits per heavy atom. The van der Waals surface area contributed by atoms with Gasteiger partial charge in [0.2, 0.25) is 11.8 Å². The number of amides is 3. The average Bonchev–Trinajstić information content (AvgIpc) is 3.67. The van der Waals surface area contributed by atoms with Crippen LogP contribution in [0.1, 0.15) is 49.9 Å². The van der Waals surface area contributed by atoms with E-state index in [4.69, 9.17) is 0 Å². The summed E-state index contributed by atoms with van der Waals surface area (Å²) in [5, 5.41) is 2.97. The molecule has 0 aromatic heterocycles. The van der Waals surface area contributed by atoms with E-state index >= 15 is 0 Å². The second-order valence-electron chi connectivity index (χ2n) is 11.9. The molecule has 3 unspecified atom stereocenters. The molecule has 3 aliphatic heterocycles. The Kier molecular flexibility index (Phi) is 8.07. The van der Waals surface area contributed by atoms with Crippen molar-refractivity contribution >= 4 is 29.2 Å². The van der Waals surface area contributed by atoms with Crippen LogP contribution in [0.15, 0.2) is 36.4 Å². The van der Waals surface area contributed by atoms with Crippen LogP contribution in [0.3, 0.4) is 0 Å². The van der Waals surface area contributed by atoms with Gasteiger partial charge in [-0.1, -0.05) is 26.0 Å². The maximum Gasteiger partial charge on any atom is 0.251 e. The number of likely N-dealkylation sites (N-methyl/N-ethyl adjacent to an activating group) is 1. The minimum absolute atomic E-state index is 0.0159. The molecule has 1 N–H and O–H groups in total. The van der Waals surface area contributed by atoms with Crippen LogP contribution in [0.25, 0.3) is 0 Å². The normalized spacial score (nSPS) is 24.5. The topological polar surface area (TPSA) is 93.3 Å². The van der Waals surface area contributed by atoms with Gasteiger partial charge in [0, 0.05) is 49.9 Å². The second kappa shape index (κ2) is 11.5. The number of Topliss-reactive ketones (excluding diaryl/α,β-unsaturated/α-hetero) is 1. The molecule has 9 heteroatoms. The van der Waals surface area contributed by atoms with Crippen molar-refractivity contribution in [2.24, 2.45) is 11.8 Å². The predicted molar refractivity (Wildman–Crippen MR) is 149 cm³/mol. The van der Waals surface area contributed by atoms with Crippen molar-refractivity contribution < 1.29 is 19.2 Å². The predicted octanol–water partition coefficient (Wildman–Crippen LogP) is 1.93. The Labute approximate surface area is 231 Å². The average molecular weight is 536 g/mol. The van der Waals surface area contributed by atoms with Gasteiger partial charge in [0.05, 0.1) is 12.6 Å². The van der Waals surface area contributed by atoms with Crippen LogP contribution in [0.4, 0.5) is 5.69 Å². The van der Waals surface area contributed by atoms with Crippen molar-refractivity contribution in [3.63, 3.8) is 0 Å². The van der Waals surface area contributed by atoms with Gasteiger partial charge in [0.1, 0.15) is 12.1 Å². The molecule has 210 valence electrons. The van der Waals surface area contributed by atoms with Crippen LogP contribution in [0.5, 0.6) is 0 Å². The molecule has 1 aromatic carbocycles. The lowest BCUT2D eigenvalue weighted by atomic mass is 10.0. The van der Waals surface area contributed by atoms with Crippen molar-refractivity contribution in [2.75, 3.05) is 51.2 Å². The SMILES string of the molecule is CC(C)CC(NC(=O)c1ccc(N2CCN(C)CC2)cc1)C(=O)N1CCC2C1C(=O)CN2C(=O)C1CC=CC1. The first-order valence-electron chi connectivity index (χ1n) is 14.4. The largest absolute Gasteiger partial charge is 0.369 e. The zero-order chi connectivity index (χ0) is 27.7. The van der Waals surface area contributed by atoms with E-state index in [9.17, 15) is 19.2 Å². The van der Waals surface area contributed by atoms with Gasteiger partial charge in [0.25, 0.3) is 5.91 Å². The van der Waals surface area contributed by atoms with E-state index in [0.717, 1.165) is 31.9 Å². The summed E-state index contributed by atoms with van der Waals surface area (Å²) in [5.41, 5.74) is 1.59. The first-order chi connectivity index (χ1) is 18.7. The number of rotatable bonds is 7. The monoisotopic (exact) mass is 535 g/mol. The van der Waals surface area contributed by atoms with E-state index in [1.807, 2.05) is 50.3 Å². The summed E-state index contributed by atoms with van der Waals surface area (Å²) < 4.78 is 0. The van der Waals surface area contributed by atoms with Crippen LogP contribution < -0.4 is 10.2 Å². The highest BCUT2D eigenvalue weighted by molar-refractivity contribution is 6.01. The fraction of sp³-hybridized carbons (Fsp3) is 0.600. The summed E-state index contributed by atoms with van der Waals surface area (Å²) in [5.74, 6) is -0.523. The van der Waals surface area contributed by atoms with Gasteiger partial charge in [-0.2, -0.15) is 0 Å². The van der Waals surface area contributed by atoms with Crippen LogP contribution in [-0.2, 0) is 14.4 Å². The number of benzene rings is 1. The van der Waals surface area contributed by atoms with Gasteiger partial charge in [-0.15, -0.1) is 0 Å². The molecule has 3 heterocycles. The number of anilines is 1. The zero-order valence-corrected chi connectivity index (χ0v) is 23.3. The van der Waals surface area contributed by atoms with Crippen molar-refractivity contribution in [2.45, 2.75) is 57.7 Å². The Bertz CT molecular complexity index is 1120. The molecule has 5 rings (SSSR count). The van der Waals surface area contributed by atoms with E-state index in [-0.39, 0.29) is 47.9 Å². The second-order valence-corrected chi connectivity index (χ2v) is 11.9. The summed E-state index contributed by atoms with van der Waals surface area (Å²) in [7, 11) is 2.12. The van der Waals surface area contributed by atoms with E-state index in [1.165, 1.54) is 0 Å². The zero-order valence-electron chi connectivity index (χ0n) is 23.3. The third-order valence-electron chi connectivity index (χ3n) is 8.65. The molecule has 1 aromatic rings. The number of piperazine rings is 1. The molecule has 4 aliphatic rings. The van der Waals surface area contributed by atoms with Crippen LogP contribution in [0, 0.1) is 11.8 Å². The van der Waals surface area contributed by atoms with Gasteiger partial charge in [-0.3, -0.25) is 19.2 Å². The number of carbonyl (C=O) groups is 4. The summed E-state index contributed by atoms with van der Waals surface area (Å²) in [6, 6.07) is 5.93. The number of allylic oxidation sites excluding steroid dienone is 2. The van der Waals surface area contributed by atoms with Crippen LogP contribution >= 0.6 is 0 Å². The Morgan fingerprint density at radius 2 is 1.62 bits per heavy atom. The highest BCUT2D eigenvalue weighted by Crippen LogP contribution is 2.33. The van der Waals surface area contributed by atoms with Crippen molar-refractivity contribution in [1.29, 1.82) is 0 Å². The third-order valence-corrected chi connectivity index (χ3v) is 8.65. The molecule has 3 amide bonds.